The van der Waals surface area contributed by atoms with Crippen LogP contribution in [-0.2, 0) is 16.0 Å². The van der Waals surface area contributed by atoms with Crippen molar-refractivity contribution in [3.63, 3.8) is 0 Å². The zero-order chi connectivity index (χ0) is 18.7. The van der Waals surface area contributed by atoms with Crippen molar-refractivity contribution in [1.82, 2.24) is 9.88 Å². The number of rotatable bonds is 3. The molecule has 0 bridgehead atoms. The summed E-state index contributed by atoms with van der Waals surface area (Å²) in [6.45, 7) is 10.1. The molecule has 0 saturated carbocycles. The van der Waals surface area contributed by atoms with Gasteiger partial charge in [-0.25, -0.2) is 19.5 Å². The molecule has 0 aliphatic rings. The fourth-order valence-electron chi connectivity index (χ4n) is 1.48. The van der Waals surface area contributed by atoms with E-state index in [1.165, 1.54) is 11.3 Å². The van der Waals surface area contributed by atoms with Crippen LogP contribution in [0.4, 0.5) is 9.59 Å². The zero-order valence-corrected chi connectivity index (χ0v) is 15.6. The molecule has 0 aliphatic heterocycles. The molecule has 1 heterocycles. The lowest BCUT2D eigenvalue weighted by molar-refractivity contribution is -0.000257. The topological polar surface area (TPSA) is 119 Å². The van der Waals surface area contributed by atoms with Crippen molar-refractivity contribution in [3.8, 4) is 0 Å². The largest absolute Gasteiger partial charge is 0.443 e. The molecule has 9 heteroatoms. The molecule has 24 heavy (non-hydrogen) atoms. The van der Waals surface area contributed by atoms with Gasteiger partial charge in [0.25, 0.3) is 0 Å². The number of hydrogen-bond acceptors (Lipinski definition) is 7. The number of thiazole rings is 1. The van der Waals surface area contributed by atoms with E-state index < -0.39 is 23.4 Å². The minimum atomic E-state index is -0.823. The molecule has 3 N–H and O–H groups in total. The van der Waals surface area contributed by atoms with Crippen LogP contribution in [0.1, 0.15) is 52.2 Å². The van der Waals surface area contributed by atoms with Crippen LogP contribution in [0.25, 0.3) is 0 Å². The maximum atomic E-state index is 12.3. The molecule has 134 valence electrons. The number of imide groups is 1. The van der Waals surface area contributed by atoms with Crippen molar-refractivity contribution in [1.29, 1.82) is 5.41 Å². The van der Waals surface area contributed by atoms with E-state index in [2.05, 4.69) is 4.98 Å². The highest BCUT2D eigenvalue weighted by molar-refractivity contribution is 7.09. The minimum Gasteiger partial charge on any atom is -0.443 e. The van der Waals surface area contributed by atoms with Gasteiger partial charge in [0.1, 0.15) is 27.7 Å². The monoisotopic (exact) mass is 356 g/mol. The Bertz CT molecular complexity index is 600. The molecule has 8 nitrogen and oxygen atoms in total. The molecule has 0 saturated heterocycles. The Hall–Kier alpha value is -2.16. The fourth-order valence-corrected chi connectivity index (χ4v) is 2.26. The third-order valence-corrected chi connectivity index (χ3v) is 3.18. The van der Waals surface area contributed by atoms with E-state index >= 15 is 0 Å². The molecule has 0 spiro atoms. The van der Waals surface area contributed by atoms with Crippen LogP contribution in [0.15, 0.2) is 5.38 Å². The van der Waals surface area contributed by atoms with Crippen molar-refractivity contribution in [2.45, 2.75) is 59.3 Å². The molecule has 0 aliphatic carbocycles. The second-order valence-electron chi connectivity index (χ2n) is 7.09. The van der Waals surface area contributed by atoms with Crippen molar-refractivity contribution < 1.29 is 19.1 Å². The minimum absolute atomic E-state index is 0.123. The molecule has 0 radical (unpaired) electrons. The number of nitrogens with zero attached hydrogens (tertiary/aromatic N) is 2. The van der Waals surface area contributed by atoms with Crippen LogP contribution in [-0.4, -0.2) is 39.1 Å². The SMILES string of the molecule is CC(C)(C)OC(=O)N(Cc1nc(C(=N)N)cs1)C(=O)OC(C)(C)C. The van der Waals surface area contributed by atoms with Gasteiger partial charge < -0.3 is 15.2 Å². The second-order valence-corrected chi connectivity index (χ2v) is 8.03. The fraction of sp³-hybridized carbons (Fsp3) is 0.600. The molecule has 2 amide bonds. The van der Waals surface area contributed by atoms with Gasteiger partial charge in [-0.15, -0.1) is 11.3 Å². The third-order valence-electron chi connectivity index (χ3n) is 2.35. The zero-order valence-electron chi connectivity index (χ0n) is 14.8. The molecule has 1 aromatic heterocycles. The molecule has 1 rings (SSSR count). The Kier molecular flexibility index (Phi) is 5.94. The van der Waals surface area contributed by atoms with E-state index in [0.29, 0.717) is 10.7 Å². The molecular formula is C15H24N4O4S. The highest BCUT2D eigenvalue weighted by atomic mass is 32.1. The molecule has 0 fully saturated rings. The molecule has 0 unspecified atom stereocenters. The number of nitrogens with one attached hydrogen (secondary N) is 1. The summed E-state index contributed by atoms with van der Waals surface area (Å²) in [5.74, 6) is -0.182. The smallest absolute Gasteiger partial charge is 0.420 e. The van der Waals surface area contributed by atoms with Crippen molar-refractivity contribution in [2.24, 2.45) is 5.73 Å². The summed E-state index contributed by atoms with van der Waals surface area (Å²) in [5, 5.41) is 9.39. The van der Waals surface area contributed by atoms with Crippen LogP contribution >= 0.6 is 11.3 Å². The van der Waals surface area contributed by atoms with Gasteiger partial charge in [0, 0.05) is 5.38 Å². The Morgan fingerprint density at radius 2 is 1.62 bits per heavy atom. The van der Waals surface area contributed by atoms with Gasteiger partial charge in [0.05, 0.1) is 6.54 Å². The second kappa shape index (κ2) is 7.16. The Morgan fingerprint density at radius 3 is 1.96 bits per heavy atom. The van der Waals surface area contributed by atoms with E-state index in [0.717, 1.165) is 4.90 Å². The number of nitrogens with two attached hydrogens (primary N) is 1. The highest BCUT2D eigenvalue weighted by Gasteiger charge is 2.32. The van der Waals surface area contributed by atoms with E-state index in [1.54, 1.807) is 46.9 Å². The van der Waals surface area contributed by atoms with Crippen LogP contribution in [0.2, 0.25) is 0 Å². The van der Waals surface area contributed by atoms with E-state index in [-0.39, 0.29) is 12.4 Å². The summed E-state index contributed by atoms with van der Waals surface area (Å²) in [6, 6.07) is 0. The lowest BCUT2D eigenvalue weighted by atomic mass is 10.2. The molecule has 0 aromatic carbocycles. The third kappa shape index (κ3) is 6.53. The van der Waals surface area contributed by atoms with Gasteiger partial charge in [-0.2, -0.15) is 0 Å². The first-order chi connectivity index (χ1) is 10.8. The highest BCUT2D eigenvalue weighted by Crippen LogP contribution is 2.18. The molecule has 0 atom stereocenters. The average molecular weight is 356 g/mol. The number of hydrogen-bond donors (Lipinski definition) is 2. The van der Waals surface area contributed by atoms with Gasteiger partial charge in [-0.3, -0.25) is 5.41 Å². The summed E-state index contributed by atoms with van der Waals surface area (Å²) in [5.41, 5.74) is 4.15. The first-order valence-corrected chi connectivity index (χ1v) is 8.19. The van der Waals surface area contributed by atoms with Crippen LogP contribution in [0, 0.1) is 5.41 Å². The maximum absolute atomic E-state index is 12.3. The number of nitrogen functional groups attached to an aromatic ring is 1. The number of amidine groups is 1. The van der Waals surface area contributed by atoms with Crippen LogP contribution in [0.3, 0.4) is 0 Å². The van der Waals surface area contributed by atoms with Gasteiger partial charge in [0.15, 0.2) is 0 Å². The summed E-state index contributed by atoms with van der Waals surface area (Å²) in [4.78, 5) is 29.7. The predicted molar refractivity (Wildman–Crippen MR) is 91.1 cm³/mol. The Balaban J connectivity index is 3.01. The predicted octanol–water partition coefficient (Wildman–Crippen LogP) is 3.10. The van der Waals surface area contributed by atoms with E-state index in [9.17, 15) is 9.59 Å². The number of aromatic nitrogens is 1. The summed E-state index contributed by atoms with van der Waals surface area (Å²) < 4.78 is 10.5. The van der Waals surface area contributed by atoms with Crippen molar-refractivity contribution in [2.75, 3.05) is 0 Å². The number of ether oxygens (including phenoxy) is 2. The lowest BCUT2D eigenvalue weighted by Crippen LogP contribution is -2.43. The first kappa shape index (κ1) is 19.9. The van der Waals surface area contributed by atoms with Gasteiger partial charge in [0.2, 0.25) is 0 Å². The van der Waals surface area contributed by atoms with Crippen molar-refractivity contribution in [3.05, 3.63) is 16.1 Å². The van der Waals surface area contributed by atoms with Crippen LogP contribution < -0.4 is 5.73 Å². The molecular weight excluding hydrogens is 332 g/mol. The Labute approximate surface area is 145 Å². The van der Waals surface area contributed by atoms with Gasteiger partial charge >= 0.3 is 12.2 Å². The van der Waals surface area contributed by atoms with E-state index in [4.69, 9.17) is 20.6 Å². The Morgan fingerprint density at radius 1 is 1.17 bits per heavy atom. The normalized spacial score (nSPS) is 11.8. The molecule has 1 aromatic rings. The van der Waals surface area contributed by atoms with E-state index in [1.807, 2.05) is 0 Å². The van der Waals surface area contributed by atoms with Gasteiger partial charge in [-0.1, -0.05) is 0 Å². The summed E-state index contributed by atoms with van der Waals surface area (Å²) >= 11 is 1.19. The number of carbonyl (C=O) groups is 2. The quantitative estimate of drug-likeness (QED) is 0.634. The average Bonchev–Trinajstić information content (AvgIpc) is 2.79. The summed E-state index contributed by atoms with van der Waals surface area (Å²) in [7, 11) is 0. The van der Waals surface area contributed by atoms with Gasteiger partial charge in [-0.05, 0) is 41.5 Å². The standard InChI is InChI=1S/C15H24N4O4S/c1-14(2,3)22-12(20)19(13(21)23-15(4,5)6)7-10-18-9(8-24-10)11(16)17/h8H,7H2,1-6H3,(H3,16,17). The first-order valence-electron chi connectivity index (χ1n) is 7.31. The van der Waals surface area contributed by atoms with Crippen molar-refractivity contribution >= 4 is 29.4 Å². The maximum Gasteiger partial charge on any atom is 0.420 e. The number of carbonyl (C=O) groups excluding carboxylic acids is 2. The lowest BCUT2D eigenvalue weighted by Gasteiger charge is -2.28. The number of amides is 2. The van der Waals surface area contributed by atoms with Crippen LogP contribution in [0.5, 0.6) is 0 Å². The summed E-state index contributed by atoms with van der Waals surface area (Å²) in [6.07, 6.45) is -1.65.